The van der Waals surface area contributed by atoms with Gasteiger partial charge in [0.05, 0.1) is 5.69 Å². The molecule has 2 aromatic rings. The summed E-state index contributed by atoms with van der Waals surface area (Å²) in [5.41, 5.74) is 19.4. The van der Waals surface area contributed by atoms with Gasteiger partial charge in [0.15, 0.2) is 5.82 Å². The second kappa shape index (κ2) is 9.28. The molecule has 10 nitrogen and oxygen atoms in total. The lowest BCUT2D eigenvalue weighted by Crippen LogP contribution is -2.47. The number of hydrazine groups is 1. The average molecular weight is 421 g/mol. The monoisotopic (exact) mass is 420 g/mol. The van der Waals surface area contributed by atoms with Gasteiger partial charge in [0, 0.05) is 44.4 Å². The Kier molecular flexibility index (Phi) is 7.05. The number of nitrogen functional groups attached to an aromatic ring is 2. The van der Waals surface area contributed by atoms with Gasteiger partial charge in [-0.2, -0.15) is 4.98 Å². The first-order chi connectivity index (χ1) is 13.3. The van der Waals surface area contributed by atoms with E-state index in [0.29, 0.717) is 11.4 Å². The molecule has 1 aliphatic heterocycles. The van der Waals surface area contributed by atoms with Crippen molar-refractivity contribution in [1.29, 1.82) is 0 Å². The van der Waals surface area contributed by atoms with Crippen molar-refractivity contribution in [3.63, 3.8) is 0 Å². The van der Waals surface area contributed by atoms with Crippen LogP contribution in [0.15, 0.2) is 24.3 Å². The lowest BCUT2D eigenvalue weighted by molar-refractivity contribution is -0.119. The largest absolute Gasteiger partial charge is 0.382 e. The van der Waals surface area contributed by atoms with Crippen molar-refractivity contribution in [2.24, 2.45) is 0 Å². The first-order valence-electron chi connectivity index (χ1n) is 8.91. The Hall–Kier alpha value is -3.27. The summed E-state index contributed by atoms with van der Waals surface area (Å²) in [6.07, 6.45) is 0. The molecule has 0 unspecified atom stereocenters. The number of hydrogen-bond donors (Lipinski definition) is 4. The van der Waals surface area contributed by atoms with E-state index in [1.807, 2.05) is 19.1 Å². The zero-order chi connectivity index (χ0) is 20.3. The standard InChI is InChI=1S/C18H24N8O2.ClH/c1-11-15(16(19)22-18(20)21-11)26-9-7-25(8-10-26)14-5-3-13(4-6-14)17(28)24-23-12(2)27;/h3-6H,7-10H2,1-2H3,(H,23,27)(H,24,28)(H4,19,20,21,22);1H. The van der Waals surface area contributed by atoms with Gasteiger partial charge >= 0.3 is 0 Å². The molecule has 1 aliphatic rings. The highest BCUT2D eigenvalue weighted by molar-refractivity contribution is 5.95. The topological polar surface area (TPSA) is 142 Å². The number of halogens is 1. The molecule has 0 atom stereocenters. The number of piperazine rings is 1. The van der Waals surface area contributed by atoms with Crippen LogP contribution in [0, 0.1) is 6.92 Å². The molecule has 2 amide bonds. The zero-order valence-corrected chi connectivity index (χ0v) is 17.1. The molecule has 6 N–H and O–H groups in total. The maximum Gasteiger partial charge on any atom is 0.269 e. The molecule has 0 bridgehead atoms. The molecule has 1 fully saturated rings. The number of amides is 2. The van der Waals surface area contributed by atoms with E-state index in [1.165, 1.54) is 6.92 Å². The van der Waals surface area contributed by atoms with Crippen molar-refractivity contribution >= 4 is 47.4 Å². The van der Waals surface area contributed by atoms with Crippen LogP contribution < -0.4 is 32.1 Å². The Labute approximate surface area is 175 Å². The number of nitrogens with one attached hydrogen (secondary N) is 2. The molecule has 0 radical (unpaired) electrons. The van der Waals surface area contributed by atoms with Crippen LogP contribution in [0.1, 0.15) is 23.0 Å². The van der Waals surface area contributed by atoms with Gasteiger partial charge in [-0.25, -0.2) is 4.98 Å². The fourth-order valence-corrected chi connectivity index (χ4v) is 3.23. The van der Waals surface area contributed by atoms with Gasteiger partial charge in [-0.15, -0.1) is 12.4 Å². The molecule has 1 aromatic heterocycles. The normalized spacial score (nSPS) is 13.4. The number of aryl methyl sites for hydroxylation is 1. The number of nitrogens with zero attached hydrogens (tertiary/aromatic N) is 4. The van der Waals surface area contributed by atoms with E-state index in [9.17, 15) is 9.59 Å². The van der Waals surface area contributed by atoms with Crippen molar-refractivity contribution in [2.45, 2.75) is 13.8 Å². The van der Waals surface area contributed by atoms with Crippen molar-refractivity contribution in [1.82, 2.24) is 20.8 Å². The third-order valence-electron chi connectivity index (χ3n) is 4.55. The molecule has 3 rings (SSSR count). The summed E-state index contributed by atoms with van der Waals surface area (Å²) in [5, 5.41) is 0. The van der Waals surface area contributed by atoms with Gasteiger partial charge in [-0.1, -0.05) is 0 Å². The van der Waals surface area contributed by atoms with Gasteiger partial charge < -0.3 is 21.3 Å². The predicted octanol–water partition coefficient (Wildman–Crippen LogP) is 0.479. The second-order valence-electron chi connectivity index (χ2n) is 6.56. The van der Waals surface area contributed by atoms with Crippen LogP contribution in [-0.4, -0.2) is 48.0 Å². The molecular weight excluding hydrogens is 396 g/mol. The smallest absolute Gasteiger partial charge is 0.269 e. The maximum atomic E-state index is 11.9. The number of benzene rings is 1. The van der Waals surface area contributed by atoms with Gasteiger partial charge in [0.25, 0.3) is 5.91 Å². The quantitative estimate of drug-likeness (QED) is 0.525. The molecular formula is C18H25ClN8O2. The van der Waals surface area contributed by atoms with Crippen LogP contribution in [0.2, 0.25) is 0 Å². The van der Waals surface area contributed by atoms with Crippen molar-refractivity contribution < 1.29 is 9.59 Å². The van der Waals surface area contributed by atoms with Crippen LogP contribution in [0.5, 0.6) is 0 Å². The molecule has 1 saturated heterocycles. The highest BCUT2D eigenvalue weighted by atomic mass is 35.5. The van der Waals surface area contributed by atoms with E-state index in [1.54, 1.807) is 12.1 Å². The lowest BCUT2D eigenvalue weighted by Gasteiger charge is -2.38. The first-order valence-corrected chi connectivity index (χ1v) is 8.91. The van der Waals surface area contributed by atoms with Gasteiger partial charge in [0.2, 0.25) is 11.9 Å². The molecule has 29 heavy (non-hydrogen) atoms. The molecule has 11 heteroatoms. The third kappa shape index (κ3) is 5.17. The summed E-state index contributed by atoms with van der Waals surface area (Å²) in [7, 11) is 0. The first kappa shape index (κ1) is 22.0. The average Bonchev–Trinajstić information content (AvgIpc) is 2.66. The van der Waals surface area contributed by atoms with Crippen LogP contribution in [0.25, 0.3) is 0 Å². The molecule has 156 valence electrons. The lowest BCUT2D eigenvalue weighted by atomic mass is 10.1. The Morgan fingerprint density at radius 1 is 0.966 bits per heavy atom. The molecule has 0 saturated carbocycles. The molecule has 0 aliphatic carbocycles. The van der Waals surface area contributed by atoms with E-state index in [2.05, 4.69) is 30.6 Å². The maximum absolute atomic E-state index is 11.9. The minimum atomic E-state index is -0.360. The summed E-state index contributed by atoms with van der Waals surface area (Å²) in [4.78, 5) is 35.5. The Morgan fingerprint density at radius 3 is 2.10 bits per heavy atom. The number of aromatic nitrogens is 2. The Morgan fingerprint density at radius 2 is 1.55 bits per heavy atom. The third-order valence-corrected chi connectivity index (χ3v) is 4.55. The number of nitrogens with two attached hydrogens (primary N) is 2. The number of hydrogen-bond acceptors (Lipinski definition) is 8. The summed E-state index contributed by atoms with van der Waals surface area (Å²) in [6.45, 7) is 6.32. The van der Waals surface area contributed by atoms with Crippen LogP contribution in [0.4, 0.5) is 23.1 Å². The number of anilines is 4. The van der Waals surface area contributed by atoms with Crippen LogP contribution in [0.3, 0.4) is 0 Å². The fourth-order valence-electron chi connectivity index (χ4n) is 3.23. The summed E-state index contributed by atoms with van der Waals surface area (Å²) < 4.78 is 0. The van der Waals surface area contributed by atoms with Crippen molar-refractivity contribution in [2.75, 3.05) is 47.4 Å². The van der Waals surface area contributed by atoms with Crippen LogP contribution >= 0.6 is 12.4 Å². The second-order valence-corrected chi connectivity index (χ2v) is 6.56. The highest BCUT2D eigenvalue weighted by Gasteiger charge is 2.22. The van der Waals surface area contributed by atoms with E-state index >= 15 is 0 Å². The summed E-state index contributed by atoms with van der Waals surface area (Å²) >= 11 is 0. The van der Waals surface area contributed by atoms with Gasteiger partial charge in [-0.05, 0) is 31.2 Å². The van der Waals surface area contributed by atoms with Gasteiger partial charge in [-0.3, -0.25) is 20.4 Å². The number of carbonyl (C=O) groups is 2. The fraction of sp³-hybridized carbons (Fsp3) is 0.333. The minimum absolute atomic E-state index is 0. The Bertz CT molecular complexity index is 859. The van der Waals surface area contributed by atoms with Crippen molar-refractivity contribution in [3.8, 4) is 0 Å². The highest BCUT2D eigenvalue weighted by Crippen LogP contribution is 2.27. The molecule has 0 spiro atoms. The molecule has 2 heterocycles. The van der Waals surface area contributed by atoms with E-state index in [-0.39, 0.29) is 30.2 Å². The Balaban J connectivity index is 0.00000300. The molecule has 1 aromatic carbocycles. The zero-order valence-electron chi connectivity index (χ0n) is 16.3. The summed E-state index contributed by atoms with van der Waals surface area (Å²) in [6, 6.07) is 7.25. The van der Waals surface area contributed by atoms with Crippen LogP contribution in [-0.2, 0) is 4.79 Å². The van der Waals surface area contributed by atoms with E-state index in [0.717, 1.165) is 43.2 Å². The predicted molar refractivity (Wildman–Crippen MR) is 115 cm³/mol. The van der Waals surface area contributed by atoms with Crippen molar-refractivity contribution in [3.05, 3.63) is 35.5 Å². The van der Waals surface area contributed by atoms with E-state index in [4.69, 9.17) is 11.5 Å². The summed E-state index contributed by atoms with van der Waals surface area (Å²) in [5.74, 6) is -0.112. The van der Waals surface area contributed by atoms with Gasteiger partial charge in [0.1, 0.15) is 5.69 Å². The minimum Gasteiger partial charge on any atom is -0.382 e. The number of carbonyl (C=O) groups excluding carboxylic acids is 2. The SMILES string of the molecule is CC(=O)NNC(=O)c1ccc(N2CCN(c3c(C)nc(N)nc3N)CC2)cc1.Cl. The number of rotatable bonds is 3. The van der Waals surface area contributed by atoms with E-state index < -0.39 is 0 Å².